The van der Waals surface area contributed by atoms with Gasteiger partial charge in [-0.05, 0) is 52.4 Å². The molecule has 0 spiro atoms. The van der Waals surface area contributed by atoms with Crippen LogP contribution in [0.1, 0.15) is 72.6 Å². The third-order valence-corrected chi connectivity index (χ3v) is 4.81. The Morgan fingerprint density at radius 1 is 1.18 bits per heavy atom. The van der Waals surface area contributed by atoms with Gasteiger partial charge in [-0.1, -0.05) is 26.2 Å². The fourth-order valence-electron chi connectivity index (χ4n) is 3.47. The van der Waals surface area contributed by atoms with Gasteiger partial charge in [-0.25, -0.2) is 4.79 Å². The van der Waals surface area contributed by atoms with Crippen LogP contribution in [0.5, 0.6) is 0 Å². The van der Waals surface area contributed by atoms with E-state index in [-0.39, 0.29) is 6.09 Å². The van der Waals surface area contributed by atoms with Gasteiger partial charge in [0.2, 0.25) is 0 Å². The van der Waals surface area contributed by atoms with Gasteiger partial charge >= 0.3 is 6.09 Å². The molecule has 2 unspecified atom stereocenters. The van der Waals surface area contributed by atoms with Crippen molar-refractivity contribution in [1.82, 2.24) is 10.2 Å². The van der Waals surface area contributed by atoms with E-state index in [9.17, 15) is 4.79 Å². The molecule has 1 amide bonds. The van der Waals surface area contributed by atoms with Crippen molar-refractivity contribution in [3.05, 3.63) is 0 Å². The van der Waals surface area contributed by atoms with Crippen molar-refractivity contribution in [1.29, 1.82) is 0 Å². The summed E-state index contributed by atoms with van der Waals surface area (Å²) in [5.41, 5.74) is -0.408. The standard InChI is InChI=1S/C18H34N2O2/c1-5-14-8-6-7-9-16(14)19-12-13-20(15-10-11-15)17(21)22-18(2,3)4/h14-16,19H,5-13H2,1-4H3. The van der Waals surface area contributed by atoms with Crippen LogP contribution in [0.15, 0.2) is 0 Å². The Bertz CT molecular complexity index is 361. The topological polar surface area (TPSA) is 41.6 Å². The summed E-state index contributed by atoms with van der Waals surface area (Å²) in [4.78, 5) is 14.3. The lowest BCUT2D eigenvalue weighted by Crippen LogP contribution is -2.45. The highest BCUT2D eigenvalue weighted by Gasteiger charge is 2.35. The number of nitrogens with zero attached hydrogens (tertiary/aromatic N) is 1. The molecule has 2 aliphatic carbocycles. The molecular weight excluding hydrogens is 276 g/mol. The molecule has 0 aliphatic heterocycles. The first-order chi connectivity index (χ1) is 10.4. The van der Waals surface area contributed by atoms with Crippen LogP contribution in [0.25, 0.3) is 0 Å². The summed E-state index contributed by atoms with van der Waals surface area (Å²) in [5, 5.41) is 3.70. The van der Waals surface area contributed by atoms with E-state index in [4.69, 9.17) is 4.74 Å². The van der Waals surface area contributed by atoms with E-state index < -0.39 is 5.60 Å². The minimum absolute atomic E-state index is 0.146. The average molecular weight is 310 g/mol. The average Bonchev–Trinajstić information content (AvgIpc) is 3.26. The Morgan fingerprint density at radius 3 is 2.45 bits per heavy atom. The van der Waals surface area contributed by atoms with E-state index in [1.54, 1.807) is 0 Å². The number of hydrogen-bond donors (Lipinski definition) is 1. The zero-order chi connectivity index (χ0) is 16.2. The minimum atomic E-state index is -0.408. The zero-order valence-electron chi connectivity index (χ0n) is 14.9. The normalized spacial score (nSPS) is 25.8. The quantitative estimate of drug-likeness (QED) is 0.808. The molecule has 0 aromatic heterocycles. The van der Waals surface area contributed by atoms with Crippen molar-refractivity contribution in [2.24, 2.45) is 5.92 Å². The fraction of sp³-hybridized carbons (Fsp3) is 0.944. The lowest BCUT2D eigenvalue weighted by molar-refractivity contribution is 0.0232. The summed E-state index contributed by atoms with van der Waals surface area (Å²) >= 11 is 0. The second-order valence-corrected chi connectivity index (χ2v) is 7.92. The SMILES string of the molecule is CCC1CCCCC1NCCN(C(=O)OC(C)(C)C)C1CC1. The Kier molecular flexibility index (Phi) is 6.13. The van der Waals surface area contributed by atoms with Crippen molar-refractivity contribution < 1.29 is 9.53 Å². The number of rotatable bonds is 6. The molecule has 0 heterocycles. The molecule has 0 saturated heterocycles. The summed E-state index contributed by atoms with van der Waals surface area (Å²) in [7, 11) is 0. The predicted octanol–water partition coefficient (Wildman–Crippen LogP) is 3.94. The number of hydrogen-bond acceptors (Lipinski definition) is 3. The van der Waals surface area contributed by atoms with E-state index in [2.05, 4.69) is 12.2 Å². The molecule has 2 fully saturated rings. The van der Waals surface area contributed by atoms with Crippen molar-refractivity contribution in [3.8, 4) is 0 Å². The van der Waals surface area contributed by atoms with Gasteiger partial charge in [0.1, 0.15) is 5.60 Å². The smallest absolute Gasteiger partial charge is 0.410 e. The first kappa shape index (κ1) is 17.6. The van der Waals surface area contributed by atoms with Gasteiger partial charge in [0.05, 0.1) is 0 Å². The fourth-order valence-corrected chi connectivity index (χ4v) is 3.47. The minimum Gasteiger partial charge on any atom is -0.444 e. The maximum Gasteiger partial charge on any atom is 0.410 e. The molecule has 2 saturated carbocycles. The molecule has 0 bridgehead atoms. The van der Waals surface area contributed by atoms with E-state index in [0.29, 0.717) is 12.1 Å². The summed E-state index contributed by atoms with van der Waals surface area (Å²) in [5.74, 6) is 0.810. The molecule has 4 heteroatoms. The second kappa shape index (κ2) is 7.67. The first-order valence-corrected chi connectivity index (χ1v) is 9.13. The molecular formula is C18H34N2O2. The molecule has 1 N–H and O–H groups in total. The Hall–Kier alpha value is -0.770. The number of amides is 1. The van der Waals surface area contributed by atoms with Gasteiger partial charge in [0.25, 0.3) is 0 Å². The maximum atomic E-state index is 12.3. The highest BCUT2D eigenvalue weighted by Crippen LogP contribution is 2.29. The molecule has 0 radical (unpaired) electrons. The van der Waals surface area contributed by atoms with Crippen LogP contribution in [0.3, 0.4) is 0 Å². The third-order valence-electron chi connectivity index (χ3n) is 4.81. The second-order valence-electron chi connectivity index (χ2n) is 7.92. The first-order valence-electron chi connectivity index (χ1n) is 9.13. The number of carbonyl (C=O) groups is 1. The van der Waals surface area contributed by atoms with Gasteiger partial charge in [-0.3, -0.25) is 0 Å². The molecule has 128 valence electrons. The molecule has 2 aliphatic rings. The van der Waals surface area contributed by atoms with Crippen LogP contribution in [0.2, 0.25) is 0 Å². The Labute approximate surface area is 136 Å². The van der Waals surface area contributed by atoms with Crippen LogP contribution < -0.4 is 5.32 Å². The molecule has 4 nitrogen and oxygen atoms in total. The maximum absolute atomic E-state index is 12.3. The highest BCUT2D eigenvalue weighted by atomic mass is 16.6. The van der Waals surface area contributed by atoms with E-state index >= 15 is 0 Å². The van der Waals surface area contributed by atoms with Crippen LogP contribution in [-0.2, 0) is 4.74 Å². The van der Waals surface area contributed by atoms with Gasteiger partial charge in [0, 0.05) is 25.2 Å². The van der Waals surface area contributed by atoms with Gasteiger partial charge in [-0.15, -0.1) is 0 Å². The number of nitrogens with one attached hydrogen (secondary N) is 1. The van der Waals surface area contributed by atoms with Gasteiger partial charge in [0.15, 0.2) is 0 Å². The van der Waals surface area contributed by atoms with Crippen LogP contribution >= 0.6 is 0 Å². The van der Waals surface area contributed by atoms with Crippen LogP contribution in [-0.4, -0.2) is 41.8 Å². The summed E-state index contributed by atoms with van der Waals surface area (Å²) in [6, 6.07) is 1.04. The lowest BCUT2D eigenvalue weighted by atomic mass is 9.83. The van der Waals surface area contributed by atoms with E-state index in [0.717, 1.165) is 31.8 Å². The molecule has 0 aromatic rings. The van der Waals surface area contributed by atoms with Crippen LogP contribution in [0, 0.1) is 5.92 Å². The summed E-state index contributed by atoms with van der Waals surface area (Å²) in [6.07, 6.45) is 8.72. The van der Waals surface area contributed by atoms with E-state index in [1.165, 1.54) is 32.1 Å². The van der Waals surface area contributed by atoms with Gasteiger partial charge in [-0.2, -0.15) is 0 Å². The van der Waals surface area contributed by atoms with E-state index in [1.807, 2.05) is 25.7 Å². The zero-order valence-corrected chi connectivity index (χ0v) is 14.9. The monoisotopic (exact) mass is 310 g/mol. The summed E-state index contributed by atoms with van der Waals surface area (Å²) in [6.45, 7) is 9.75. The largest absolute Gasteiger partial charge is 0.444 e. The lowest BCUT2D eigenvalue weighted by Gasteiger charge is -2.33. The Balaban J connectivity index is 1.78. The van der Waals surface area contributed by atoms with Crippen molar-refractivity contribution in [2.45, 2.75) is 90.3 Å². The third kappa shape index (κ3) is 5.45. The highest BCUT2D eigenvalue weighted by molar-refractivity contribution is 5.69. The Morgan fingerprint density at radius 2 is 1.86 bits per heavy atom. The summed E-state index contributed by atoms with van der Waals surface area (Å²) < 4.78 is 5.55. The van der Waals surface area contributed by atoms with Gasteiger partial charge < -0.3 is 15.0 Å². The van der Waals surface area contributed by atoms with Crippen molar-refractivity contribution in [3.63, 3.8) is 0 Å². The molecule has 2 atom stereocenters. The van der Waals surface area contributed by atoms with Crippen LogP contribution in [0.4, 0.5) is 4.79 Å². The predicted molar refractivity (Wildman–Crippen MR) is 90.0 cm³/mol. The molecule has 2 rings (SSSR count). The molecule has 22 heavy (non-hydrogen) atoms. The number of carbonyl (C=O) groups excluding carboxylic acids is 1. The number of ether oxygens (including phenoxy) is 1. The van der Waals surface area contributed by atoms with Crippen molar-refractivity contribution >= 4 is 6.09 Å². The van der Waals surface area contributed by atoms with Crippen molar-refractivity contribution in [2.75, 3.05) is 13.1 Å². The molecule has 0 aromatic carbocycles.